The van der Waals surface area contributed by atoms with Gasteiger partial charge in [-0.1, -0.05) is 18.2 Å². The number of amides is 1. The van der Waals surface area contributed by atoms with Crippen molar-refractivity contribution in [2.45, 2.75) is 19.4 Å². The van der Waals surface area contributed by atoms with E-state index >= 15 is 0 Å². The van der Waals surface area contributed by atoms with Crippen molar-refractivity contribution in [2.75, 3.05) is 31.5 Å². The monoisotopic (exact) mass is 425 g/mol. The molecule has 0 spiro atoms. The molecule has 0 aliphatic rings. The van der Waals surface area contributed by atoms with Crippen LogP contribution in [0.25, 0.3) is 10.9 Å². The van der Waals surface area contributed by atoms with Crippen molar-refractivity contribution in [2.24, 2.45) is 0 Å². The van der Waals surface area contributed by atoms with Gasteiger partial charge in [-0.25, -0.2) is 4.79 Å². The number of aromatic nitrogens is 1. The van der Waals surface area contributed by atoms with Crippen molar-refractivity contribution >= 4 is 46.0 Å². The first-order valence-electron chi connectivity index (χ1n) is 9.15. The van der Waals surface area contributed by atoms with Crippen molar-refractivity contribution < 1.29 is 14.3 Å². The van der Waals surface area contributed by atoms with E-state index in [4.69, 9.17) is 27.9 Å². The molecule has 0 aliphatic carbocycles. The van der Waals surface area contributed by atoms with Crippen molar-refractivity contribution in [1.82, 2.24) is 15.2 Å². The Hall–Kier alpha value is -2.18. The molecule has 0 bridgehead atoms. The topological polar surface area (TPSA) is 74.4 Å². The average molecular weight is 426 g/mol. The number of ether oxygens (including phenoxy) is 1. The second-order valence-corrected chi connectivity index (χ2v) is 6.86. The summed E-state index contributed by atoms with van der Waals surface area (Å²) in [5, 5.41) is 3.75. The molecule has 0 radical (unpaired) electrons. The van der Waals surface area contributed by atoms with Crippen LogP contribution in [-0.2, 0) is 20.7 Å². The molecule has 1 heterocycles. The summed E-state index contributed by atoms with van der Waals surface area (Å²) in [5.74, 6) is 0.00364. The molecule has 1 unspecified atom stereocenters. The minimum atomic E-state index is -0.786. The second-order valence-electron chi connectivity index (χ2n) is 6.11. The van der Waals surface area contributed by atoms with Crippen LogP contribution in [0.5, 0.6) is 0 Å². The van der Waals surface area contributed by atoms with Gasteiger partial charge < -0.3 is 19.9 Å². The number of nitrogens with one attached hydrogen (secondary N) is 2. The van der Waals surface area contributed by atoms with Crippen LogP contribution < -0.4 is 5.32 Å². The third kappa shape index (κ3) is 6.46. The number of hydrogen-bond acceptors (Lipinski definition) is 4. The SMILES string of the molecule is CCOC(=O)C(Cc1c[nH]c2ccccc12)NC(=O)C=CN(CCCl)CCCl. The maximum Gasteiger partial charge on any atom is 0.328 e. The summed E-state index contributed by atoms with van der Waals surface area (Å²) < 4.78 is 5.14. The van der Waals surface area contributed by atoms with Crippen molar-refractivity contribution in [3.05, 3.63) is 48.3 Å². The summed E-state index contributed by atoms with van der Waals surface area (Å²) in [6.07, 6.45) is 5.19. The van der Waals surface area contributed by atoms with Crippen LogP contribution in [0.15, 0.2) is 42.7 Å². The lowest BCUT2D eigenvalue weighted by molar-refractivity contribution is -0.146. The number of carbonyl (C=O) groups excluding carboxylic acids is 2. The van der Waals surface area contributed by atoms with Gasteiger partial charge in [0.05, 0.1) is 6.61 Å². The number of esters is 1. The third-order valence-corrected chi connectivity index (χ3v) is 4.50. The Bertz CT molecular complexity index is 801. The van der Waals surface area contributed by atoms with E-state index in [-0.39, 0.29) is 12.5 Å². The Kier molecular flexibility index (Phi) is 9.17. The van der Waals surface area contributed by atoms with E-state index < -0.39 is 12.0 Å². The molecule has 1 aromatic carbocycles. The number of fused-ring (bicyclic) bond motifs is 1. The molecule has 1 amide bonds. The Morgan fingerprint density at radius 1 is 1.25 bits per heavy atom. The van der Waals surface area contributed by atoms with Crippen molar-refractivity contribution in [3.63, 3.8) is 0 Å². The first-order chi connectivity index (χ1) is 13.6. The van der Waals surface area contributed by atoms with Gasteiger partial charge >= 0.3 is 5.97 Å². The predicted octanol–water partition coefficient (Wildman–Crippen LogP) is 3.05. The number of aromatic amines is 1. The summed E-state index contributed by atoms with van der Waals surface area (Å²) >= 11 is 11.5. The smallest absolute Gasteiger partial charge is 0.328 e. The fraction of sp³-hybridized carbons (Fsp3) is 0.400. The quantitative estimate of drug-likeness (QED) is 0.329. The zero-order valence-electron chi connectivity index (χ0n) is 15.8. The van der Waals surface area contributed by atoms with Gasteiger partial charge in [-0.2, -0.15) is 0 Å². The van der Waals surface area contributed by atoms with Crippen LogP contribution in [0.1, 0.15) is 12.5 Å². The number of rotatable bonds is 11. The van der Waals surface area contributed by atoms with Crippen LogP contribution in [0.3, 0.4) is 0 Å². The molecule has 2 rings (SSSR count). The lowest BCUT2D eigenvalue weighted by atomic mass is 10.0. The van der Waals surface area contributed by atoms with Gasteiger partial charge in [0.15, 0.2) is 0 Å². The molecular formula is C20H25Cl2N3O3. The predicted molar refractivity (Wildman–Crippen MR) is 113 cm³/mol. The maximum absolute atomic E-state index is 12.4. The Balaban J connectivity index is 2.10. The minimum Gasteiger partial charge on any atom is -0.464 e. The molecule has 1 aromatic heterocycles. The molecule has 6 nitrogen and oxygen atoms in total. The molecule has 8 heteroatoms. The first kappa shape index (κ1) is 22.1. The summed E-state index contributed by atoms with van der Waals surface area (Å²) in [7, 11) is 0. The van der Waals surface area contributed by atoms with Gasteiger partial charge in [0.25, 0.3) is 0 Å². The number of benzene rings is 1. The van der Waals surface area contributed by atoms with E-state index in [2.05, 4.69) is 10.3 Å². The van der Waals surface area contributed by atoms with Gasteiger partial charge in [-0.05, 0) is 18.6 Å². The van der Waals surface area contributed by atoms with Gasteiger partial charge in [-0.3, -0.25) is 4.79 Å². The molecule has 2 N–H and O–H groups in total. The molecule has 0 saturated carbocycles. The van der Waals surface area contributed by atoms with Crippen LogP contribution in [0.2, 0.25) is 0 Å². The Morgan fingerprint density at radius 3 is 2.64 bits per heavy atom. The molecule has 0 fully saturated rings. The van der Waals surface area contributed by atoms with E-state index in [9.17, 15) is 9.59 Å². The molecule has 28 heavy (non-hydrogen) atoms. The first-order valence-corrected chi connectivity index (χ1v) is 10.2. The van der Waals surface area contributed by atoms with E-state index in [1.807, 2.05) is 35.4 Å². The molecule has 152 valence electrons. The van der Waals surface area contributed by atoms with E-state index in [0.717, 1.165) is 16.5 Å². The number of halogens is 2. The van der Waals surface area contributed by atoms with Crippen LogP contribution in [0, 0.1) is 0 Å². The molecule has 0 saturated heterocycles. The fourth-order valence-electron chi connectivity index (χ4n) is 2.83. The van der Waals surface area contributed by atoms with Crippen LogP contribution in [-0.4, -0.2) is 59.3 Å². The second kappa shape index (κ2) is 11.6. The lowest BCUT2D eigenvalue weighted by Gasteiger charge is -2.18. The molecule has 0 aliphatic heterocycles. The third-order valence-electron chi connectivity index (χ3n) is 4.17. The number of carbonyl (C=O) groups is 2. The molecule has 1 atom stereocenters. The van der Waals surface area contributed by atoms with Gasteiger partial charge in [0.2, 0.25) is 5.91 Å². The minimum absolute atomic E-state index is 0.244. The molecular weight excluding hydrogens is 401 g/mol. The van der Waals surface area contributed by atoms with E-state index in [1.54, 1.807) is 13.1 Å². The highest BCUT2D eigenvalue weighted by Crippen LogP contribution is 2.19. The van der Waals surface area contributed by atoms with Crippen molar-refractivity contribution in [3.8, 4) is 0 Å². The van der Waals surface area contributed by atoms with Crippen molar-refractivity contribution in [1.29, 1.82) is 0 Å². The summed E-state index contributed by atoms with van der Waals surface area (Å²) in [4.78, 5) is 29.7. The maximum atomic E-state index is 12.4. The summed E-state index contributed by atoms with van der Waals surface area (Å²) in [5.41, 5.74) is 1.91. The zero-order valence-corrected chi connectivity index (χ0v) is 17.3. The zero-order chi connectivity index (χ0) is 20.4. The lowest BCUT2D eigenvalue weighted by Crippen LogP contribution is -2.42. The molecule has 2 aromatic rings. The largest absolute Gasteiger partial charge is 0.464 e. The van der Waals surface area contributed by atoms with Crippen LogP contribution in [0.4, 0.5) is 0 Å². The summed E-state index contributed by atoms with van der Waals surface area (Å²) in [6, 6.07) is 7.02. The average Bonchev–Trinajstić information content (AvgIpc) is 3.09. The number of alkyl halides is 2. The Morgan fingerprint density at radius 2 is 1.96 bits per heavy atom. The highest BCUT2D eigenvalue weighted by atomic mass is 35.5. The number of nitrogens with zero attached hydrogens (tertiary/aromatic N) is 1. The van der Waals surface area contributed by atoms with Crippen LogP contribution >= 0.6 is 23.2 Å². The highest BCUT2D eigenvalue weighted by molar-refractivity contribution is 6.18. The fourth-order valence-corrected chi connectivity index (χ4v) is 3.26. The standard InChI is InChI=1S/C20H25Cl2N3O3/c1-2-28-20(27)18(13-15-14-23-17-6-4-3-5-16(15)17)24-19(26)7-10-25(11-8-21)12-9-22/h3-7,10,14,18,23H,2,8-9,11-13H2,1H3,(H,24,26). The Labute approximate surface area is 174 Å². The van der Waals surface area contributed by atoms with Gasteiger partial charge in [0, 0.05) is 60.6 Å². The highest BCUT2D eigenvalue weighted by Gasteiger charge is 2.23. The van der Waals surface area contributed by atoms with E-state index in [1.165, 1.54) is 6.08 Å². The number of H-pyrrole nitrogens is 1. The van der Waals surface area contributed by atoms with E-state index in [0.29, 0.717) is 31.3 Å². The van der Waals surface area contributed by atoms with Gasteiger partial charge in [0.1, 0.15) is 6.04 Å². The van der Waals surface area contributed by atoms with Gasteiger partial charge in [-0.15, -0.1) is 23.2 Å². The summed E-state index contributed by atoms with van der Waals surface area (Å²) in [6.45, 7) is 3.14. The number of hydrogen-bond donors (Lipinski definition) is 2. The number of para-hydroxylation sites is 1. The normalized spacial score (nSPS) is 12.2.